The number of nitrogens with one attached hydrogen (secondary N) is 1. The number of hydrogen-bond acceptors (Lipinski definition) is 7. The first-order valence-corrected chi connectivity index (χ1v) is 13.7. The van der Waals surface area contributed by atoms with Crippen LogP contribution in [-0.2, 0) is 10.4 Å². The minimum atomic E-state index is -1.00. The molecule has 0 unspecified atom stereocenters. The number of nitrogens with zero attached hydrogens (tertiary/aromatic N) is 6. The largest absolute Gasteiger partial charge is 0.386 e. The molecule has 208 valence electrons. The molecule has 1 aliphatic heterocycles. The number of piperidine rings is 1. The van der Waals surface area contributed by atoms with Crippen molar-refractivity contribution in [1.29, 1.82) is 0 Å². The van der Waals surface area contributed by atoms with E-state index >= 15 is 0 Å². The number of hydrogen-bond donors (Lipinski definition) is 2. The van der Waals surface area contributed by atoms with Crippen molar-refractivity contribution >= 4 is 46.4 Å². The third kappa shape index (κ3) is 5.97. The summed E-state index contributed by atoms with van der Waals surface area (Å²) < 4.78 is 1.64. The number of benzene rings is 2. The SMILES string of the molecule is CN(C)[C@H]1CCN(c2ccc(Nc3ncc(Cl)c(-c4cnn(-c5ccc(C(C)(C)O)cc5Cl)c4)n3)cc2)C(=O)C1. The van der Waals surface area contributed by atoms with Crippen LogP contribution in [0.15, 0.2) is 61.1 Å². The van der Waals surface area contributed by atoms with Gasteiger partial charge in [0.1, 0.15) is 0 Å². The number of amides is 1. The van der Waals surface area contributed by atoms with E-state index < -0.39 is 5.60 Å². The van der Waals surface area contributed by atoms with E-state index in [2.05, 4.69) is 25.3 Å². The molecule has 4 aromatic rings. The van der Waals surface area contributed by atoms with Crippen LogP contribution in [0.3, 0.4) is 0 Å². The van der Waals surface area contributed by atoms with E-state index in [4.69, 9.17) is 23.2 Å². The summed E-state index contributed by atoms with van der Waals surface area (Å²) in [5.74, 6) is 0.502. The highest BCUT2D eigenvalue weighted by atomic mass is 35.5. The van der Waals surface area contributed by atoms with Gasteiger partial charge in [-0.1, -0.05) is 29.3 Å². The molecule has 9 nitrogen and oxygen atoms in total. The van der Waals surface area contributed by atoms with Gasteiger partial charge in [0.05, 0.1) is 39.4 Å². The Bertz CT molecular complexity index is 1530. The first-order valence-electron chi connectivity index (χ1n) is 12.9. The zero-order valence-corrected chi connectivity index (χ0v) is 24.3. The Kier molecular flexibility index (Phi) is 7.83. The molecule has 3 heterocycles. The average molecular weight is 581 g/mol. The summed E-state index contributed by atoms with van der Waals surface area (Å²) in [5, 5.41) is 18.8. The van der Waals surface area contributed by atoms with Gasteiger partial charge in [0.25, 0.3) is 0 Å². The summed E-state index contributed by atoms with van der Waals surface area (Å²) in [6.07, 6.45) is 6.44. The van der Waals surface area contributed by atoms with E-state index in [9.17, 15) is 9.90 Å². The molecule has 11 heteroatoms. The highest BCUT2D eigenvalue weighted by Crippen LogP contribution is 2.31. The van der Waals surface area contributed by atoms with Gasteiger partial charge in [-0.3, -0.25) is 4.79 Å². The van der Waals surface area contributed by atoms with Crippen LogP contribution in [0.4, 0.5) is 17.3 Å². The molecule has 2 N–H and O–H groups in total. The number of aromatic nitrogens is 4. The lowest BCUT2D eigenvalue weighted by molar-refractivity contribution is -0.120. The van der Waals surface area contributed by atoms with Crippen LogP contribution >= 0.6 is 23.2 Å². The lowest BCUT2D eigenvalue weighted by atomic mass is 9.98. The Labute approximate surface area is 243 Å². The number of rotatable bonds is 7. The van der Waals surface area contributed by atoms with Gasteiger partial charge in [0.2, 0.25) is 11.9 Å². The van der Waals surface area contributed by atoms with Crippen LogP contribution in [0.2, 0.25) is 10.0 Å². The molecule has 1 fully saturated rings. The molecule has 0 spiro atoms. The van der Waals surface area contributed by atoms with E-state index in [0.29, 0.717) is 51.5 Å². The second kappa shape index (κ2) is 11.2. The first-order chi connectivity index (χ1) is 19.0. The van der Waals surface area contributed by atoms with Crippen LogP contribution < -0.4 is 10.2 Å². The fourth-order valence-electron chi connectivity index (χ4n) is 4.66. The summed E-state index contributed by atoms with van der Waals surface area (Å²) >= 11 is 13.0. The summed E-state index contributed by atoms with van der Waals surface area (Å²) in [6, 6.07) is 13.3. The van der Waals surface area contributed by atoms with Crippen molar-refractivity contribution in [2.75, 3.05) is 30.9 Å². The molecule has 1 atom stereocenters. The maximum absolute atomic E-state index is 12.7. The molecule has 40 heavy (non-hydrogen) atoms. The van der Waals surface area contributed by atoms with Crippen molar-refractivity contribution in [3.8, 4) is 16.9 Å². The Morgan fingerprint density at radius 2 is 1.82 bits per heavy atom. The Balaban J connectivity index is 1.31. The molecule has 1 aliphatic rings. The predicted molar refractivity (Wildman–Crippen MR) is 159 cm³/mol. The van der Waals surface area contributed by atoms with Crippen LogP contribution in [0.1, 0.15) is 32.3 Å². The summed E-state index contributed by atoms with van der Waals surface area (Å²) in [4.78, 5) is 25.6. The molecule has 0 bridgehead atoms. The standard InChI is InChI=1S/C29H31Cl2N7O2/c1-29(2,40)19-5-10-25(23(30)13-19)38-17-18(15-33-38)27-24(31)16-32-28(35-27)34-20-6-8-21(9-7-20)37-12-11-22(36(3)4)14-26(37)39/h5-10,13,15-17,22,40H,11-12,14H2,1-4H3,(H,32,34,35)/t22-/m0/s1. The molecule has 1 amide bonds. The topological polar surface area (TPSA) is 99.4 Å². The van der Waals surface area contributed by atoms with Crippen molar-refractivity contribution in [2.24, 2.45) is 0 Å². The van der Waals surface area contributed by atoms with Crippen molar-refractivity contribution < 1.29 is 9.90 Å². The molecule has 2 aromatic carbocycles. The Morgan fingerprint density at radius 3 is 2.48 bits per heavy atom. The van der Waals surface area contributed by atoms with E-state index in [1.54, 1.807) is 37.0 Å². The number of carbonyl (C=O) groups excluding carboxylic acids is 1. The van der Waals surface area contributed by atoms with Crippen LogP contribution in [0, 0.1) is 0 Å². The van der Waals surface area contributed by atoms with Gasteiger partial charge in [0.15, 0.2) is 0 Å². The van der Waals surface area contributed by atoms with Gasteiger partial charge < -0.3 is 20.2 Å². The van der Waals surface area contributed by atoms with Crippen molar-refractivity contribution in [1.82, 2.24) is 24.6 Å². The molecule has 0 radical (unpaired) electrons. The zero-order valence-electron chi connectivity index (χ0n) is 22.8. The van der Waals surface area contributed by atoms with E-state index in [1.807, 2.05) is 55.4 Å². The quantitative estimate of drug-likeness (QED) is 0.291. The predicted octanol–water partition coefficient (Wildman–Crippen LogP) is 5.66. The Hall–Kier alpha value is -3.50. The van der Waals surface area contributed by atoms with Crippen molar-refractivity contribution in [3.05, 3.63) is 76.7 Å². The molecular weight excluding hydrogens is 549 g/mol. The highest BCUT2D eigenvalue weighted by molar-refractivity contribution is 6.33. The number of halogens is 2. The Morgan fingerprint density at radius 1 is 1.07 bits per heavy atom. The summed E-state index contributed by atoms with van der Waals surface area (Å²) in [5.41, 5.74) is 3.21. The second-order valence-corrected chi connectivity index (χ2v) is 11.4. The minimum Gasteiger partial charge on any atom is -0.386 e. The van der Waals surface area contributed by atoms with Gasteiger partial charge in [-0.2, -0.15) is 5.10 Å². The monoisotopic (exact) mass is 579 g/mol. The smallest absolute Gasteiger partial charge is 0.228 e. The van der Waals surface area contributed by atoms with E-state index in [0.717, 1.165) is 17.8 Å². The lowest BCUT2D eigenvalue weighted by Crippen LogP contribution is -2.45. The maximum atomic E-state index is 12.7. The van der Waals surface area contributed by atoms with Crippen molar-refractivity contribution in [3.63, 3.8) is 0 Å². The van der Waals surface area contributed by atoms with Gasteiger partial charge in [-0.05, 0) is 76.3 Å². The molecule has 0 saturated carbocycles. The van der Waals surface area contributed by atoms with Crippen LogP contribution in [0.5, 0.6) is 0 Å². The van der Waals surface area contributed by atoms with Gasteiger partial charge in [-0.25, -0.2) is 14.6 Å². The fourth-order valence-corrected chi connectivity index (χ4v) is 5.13. The molecular formula is C29H31Cl2N7O2. The summed E-state index contributed by atoms with van der Waals surface area (Å²) in [6.45, 7) is 4.11. The first kappa shape index (κ1) is 28.0. The van der Waals surface area contributed by atoms with Gasteiger partial charge in [0, 0.05) is 42.1 Å². The van der Waals surface area contributed by atoms with E-state index in [-0.39, 0.29) is 11.9 Å². The second-order valence-electron chi connectivity index (χ2n) is 10.6. The molecule has 2 aromatic heterocycles. The molecule has 5 rings (SSSR count). The number of anilines is 3. The van der Waals surface area contributed by atoms with Gasteiger partial charge in [-0.15, -0.1) is 0 Å². The summed E-state index contributed by atoms with van der Waals surface area (Å²) in [7, 11) is 4.02. The average Bonchev–Trinajstić information content (AvgIpc) is 3.39. The number of aliphatic hydroxyl groups is 1. The molecule has 0 aliphatic carbocycles. The maximum Gasteiger partial charge on any atom is 0.228 e. The third-order valence-electron chi connectivity index (χ3n) is 7.06. The minimum absolute atomic E-state index is 0.131. The van der Waals surface area contributed by atoms with E-state index in [1.165, 1.54) is 6.20 Å². The van der Waals surface area contributed by atoms with Crippen LogP contribution in [0.25, 0.3) is 16.9 Å². The molecule has 1 saturated heterocycles. The van der Waals surface area contributed by atoms with Crippen LogP contribution in [-0.4, -0.2) is 62.3 Å². The fraction of sp³-hybridized carbons (Fsp3) is 0.310. The highest BCUT2D eigenvalue weighted by Gasteiger charge is 2.28. The van der Waals surface area contributed by atoms with Gasteiger partial charge >= 0.3 is 0 Å². The number of carbonyl (C=O) groups is 1. The third-order valence-corrected chi connectivity index (χ3v) is 7.64. The van der Waals surface area contributed by atoms with Crippen molar-refractivity contribution in [2.45, 2.75) is 38.3 Å². The zero-order chi connectivity index (χ0) is 28.6. The normalized spacial score (nSPS) is 16.1. The lowest BCUT2D eigenvalue weighted by Gasteiger charge is -2.34.